The first-order valence-electron chi connectivity index (χ1n) is 7.42. The molecule has 0 fully saturated rings. The first kappa shape index (κ1) is 18.5. The van der Waals surface area contributed by atoms with E-state index in [1.54, 1.807) is 18.2 Å². The second kappa shape index (κ2) is 7.38. The molecule has 25 heavy (non-hydrogen) atoms. The Morgan fingerprint density at radius 2 is 1.72 bits per heavy atom. The van der Waals surface area contributed by atoms with Crippen LogP contribution in [0.4, 0.5) is 18.9 Å². The molecule has 0 aliphatic carbocycles. The van der Waals surface area contributed by atoms with E-state index in [4.69, 9.17) is 4.74 Å². The van der Waals surface area contributed by atoms with Crippen molar-refractivity contribution >= 4 is 17.4 Å². The van der Waals surface area contributed by atoms with Gasteiger partial charge in [0.05, 0.1) is 5.56 Å². The summed E-state index contributed by atoms with van der Waals surface area (Å²) in [6, 6.07) is 10.5. The van der Waals surface area contributed by atoms with E-state index in [0.29, 0.717) is 11.3 Å². The summed E-state index contributed by atoms with van der Waals surface area (Å²) >= 11 is 0. The molecule has 0 unspecified atom stereocenters. The molecular formula is C18H16F3NO3. The fourth-order valence-electron chi connectivity index (χ4n) is 2.04. The molecule has 2 aromatic rings. The summed E-state index contributed by atoms with van der Waals surface area (Å²) in [5.41, 5.74) is 0.0904. The molecule has 0 spiro atoms. The number of rotatable bonds is 5. The van der Waals surface area contributed by atoms with E-state index in [1.165, 1.54) is 19.9 Å². The quantitative estimate of drug-likeness (QED) is 0.817. The number of hydrogen-bond donors (Lipinski definition) is 1. The third-order valence-electron chi connectivity index (χ3n) is 3.40. The van der Waals surface area contributed by atoms with E-state index in [2.05, 4.69) is 5.32 Å². The van der Waals surface area contributed by atoms with Crippen molar-refractivity contribution < 1.29 is 27.5 Å². The molecule has 1 N–H and O–H groups in total. The minimum Gasteiger partial charge on any atom is -0.481 e. The minimum atomic E-state index is -4.43. The van der Waals surface area contributed by atoms with Crippen LogP contribution < -0.4 is 10.1 Å². The topological polar surface area (TPSA) is 55.4 Å². The zero-order valence-electron chi connectivity index (χ0n) is 13.6. The van der Waals surface area contributed by atoms with Crippen molar-refractivity contribution in [1.29, 1.82) is 0 Å². The van der Waals surface area contributed by atoms with Gasteiger partial charge >= 0.3 is 6.18 Å². The number of carbonyl (C=O) groups excluding carboxylic acids is 2. The van der Waals surface area contributed by atoms with Crippen LogP contribution in [0, 0.1) is 0 Å². The summed E-state index contributed by atoms with van der Waals surface area (Å²) in [6.07, 6.45) is -5.36. The number of ketones is 1. The number of Topliss-reactive ketones (excluding diaryl/α,β-unsaturated/α-hetero) is 1. The highest BCUT2D eigenvalue weighted by Gasteiger charge is 2.30. The van der Waals surface area contributed by atoms with Crippen molar-refractivity contribution in [3.63, 3.8) is 0 Å². The summed E-state index contributed by atoms with van der Waals surface area (Å²) < 4.78 is 42.9. The Balaban J connectivity index is 2.00. The van der Waals surface area contributed by atoms with Crippen LogP contribution in [0.25, 0.3) is 0 Å². The number of halogens is 3. The lowest BCUT2D eigenvalue weighted by molar-refractivity contribution is -0.137. The highest BCUT2D eigenvalue weighted by atomic mass is 19.4. The van der Waals surface area contributed by atoms with Crippen LogP contribution >= 0.6 is 0 Å². The molecule has 0 saturated carbocycles. The van der Waals surface area contributed by atoms with Crippen LogP contribution in [-0.4, -0.2) is 17.8 Å². The van der Waals surface area contributed by atoms with Gasteiger partial charge in [-0.2, -0.15) is 13.2 Å². The van der Waals surface area contributed by atoms with Crippen LogP contribution in [0.3, 0.4) is 0 Å². The van der Waals surface area contributed by atoms with Crippen molar-refractivity contribution in [3.8, 4) is 5.75 Å². The molecule has 0 radical (unpaired) electrons. The zero-order chi connectivity index (χ0) is 18.6. The van der Waals surface area contributed by atoms with Gasteiger partial charge in [-0.15, -0.1) is 0 Å². The third-order valence-corrected chi connectivity index (χ3v) is 3.40. The largest absolute Gasteiger partial charge is 0.481 e. The Hall–Kier alpha value is -2.83. The van der Waals surface area contributed by atoms with Crippen LogP contribution in [0.15, 0.2) is 48.5 Å². The van der Waals surface area contributed by atoms with Gasteiger partial charge in [0.2, 0.25) is 0 Å². The number of nitrogens with one attached hydrogen (secondary N) is 1. The molecule has 4 nitrogen and oxygen atoms in total. The van der Waals surface area contributed by atoms with Crippen LogP contribution in [0.1, 0.15) is 29.8 Å². The van der Waals surface area contributed by atoms with Crippen LogP contribution in [0.2, 0.25) is 0 Å². The van der Waals surface area contributed by atoms with Crippen molar-refractivity contribution in [2.45, 2.75) is 26.1 Å². The Morgan fingerprint density at radius 3 is 2.28 bits per heavy atom. The number of carbonyl (C=O) groups is 2. The summed E-state index contributed by atoms with van der Waals surface area (Å²) in [6.45, 7) is 2.89. The monoisotopic (exact) mass is 351 g/mol. The molecule has 132 valence electrons. The van der Waals surface area contributed by atoms with Gasteiger partial charge in [0.25, 0.3) is 5.91 Å². The predicted octanol–water partition coefficient (Wildman–Crippen LogP) is 4.31. The zero-order valence-corrected chi connectivity index (χ0v) is 13.6. The maximum Gasteiger partial charge on any atom is 0.416 e. The number of alkyl halides is 3. The Bertz CT molecular complexity index is 770. The van der Waals surface area contributed by atoms with Crippen molar-refractivity contribution in [3.05, 3.63) is 59.7 Å². The van der Waals surface area contributed by atoms with Gasteiger partial charge in [0.15, 0.2) is 11.9 Å². The average Bonchev–Trinajstić information content (AvgIpc) is 2.54. The second-order valence-electron chi connectivity index (χ2n) is 5.41. The van der Waals surface area contributed by atoms with E-state index < -0.39 is 23.8 Å². The lowest BCUT2D eigenvalue weighted by Crippen LogP contribution is -2.30. The van der Waals surface area contributed by atoms with Gasteiger partial charge in [0.1, 0.15) is 5.75 Å². The first-order valence-corrected chi connectivity index (χ1v) is 7.42. The van der Waals surface area contributed by atoms with Gasteiger partial charge in [-0.3, -0.25) is 9.59 Å². The molecule has 2 aromatic carbocycles. The number of benzene rings is 2. The Labute approximate surface area is 142 Å². The van der Waals surface area contributed by atoms with E-state index in [-0.39, 0.29) is 11.5 Å². The van der Waals surface area contributed by atoms with E-state index in [9.17, 15) is 22.8 Å². The normalized spacial score (nSPS) is 12.4. The summed E-state index contributed by atoms with van der Waals surface area (Å²) in [5.74, 6) is -0.473. The summed E-state index contributed by atoms with van der Waals surface area (Å²) in [5, 5.41) is 2.60. The van der Waals surface area contributed by atoms with Crippen molar-refractivity contribution in [2.75, 3.05) is 5.32 Å². The SMILES string of the molecule is CC(=O)c1cccc(NC(=O)[C@H](C)Oc2ccc(C(F)(F)F)cc2)c1. The first-order chi connectivity index (χ1) is 11.7. The lowest BCUT2D eigenvalue weighted by Gasteiger charge is -2.15. The molecule has 0 heterocycles. The molecule has 0 aromatic heterocycles. The highest BCUT2D eigenvalue weighted by Crippen LogP contribution is 2.30. The lowest BCUT2D eigenvalue weighted by atomic mass is 10.1. The highest BCUT2D eigenvalue weighted by molar-refractivity contribution is 5.98. The fraction of sp³-hybridized carbons (Fsp3) is 0.222. The van der Waals surface area contributed by atoms with Crippen LogP contribution in [0.5, 0.6) is 5.75 Å². The van der Waals surface area contributed by atoms with Gasteiger partial charge in [-0.1, -0.05) is 12.1 Å². The third kappa shape index (κ3) is 5.07. The van der Waals surface area contributed by atoms with E-state index >= 15 is 0 Å². The average molecular weight is 351 g/mol. The molecule has 1 atom stereocenters. The van der Waals surface area contributed by atoms with Gasteiger partial charge in [-0.05, 0) is 50.2 Å². The standard InChI is InChI=1S/C18H16F3NO3/c1-11(23)13-4-3-5-15(10-13)22-17(24)12(2)25-16-8-6-14(7-9-16)18(19,20)21/h3-10,12H,1-2H3,(H,22,24)/t12-/m0/s1. The molecule has 1 amide bonds. The van der Waals surface area contributed by atoms with Crippen molar-refractivity contribution in [1.82, 2.24) is 0 Å². The van der Waals surface area contributed by atoms with Crippen LogP contribution in [-0.2, 0) is 11.0 Å². The van der Waals surface area contributed by atoms with Gasteiger partial charge in [-0.25, -0.2) is 0 Å². The summed E-state index contributed by atoms with van der Waals surface area (Å²) in [7, 11) is 0. The number of hydrogen-bond acceptors (Lipinski definition) is 3. The minimum absolute atomic E-state index is 0.134. The predicted molar refractivity (Wildman–Crippen MR) is 86.6 cm³/mol. The number of anilines is 1. The maximum absolute atomic E-state index is 12.5. The van der Waals surface area contributed by atoms with E-state index in [1.807, 2.05) is 0 Å². The molecule has 7 heteroatoms. The van der Waals surface area contributed by atoms with Crippen molar-refractivity contribution in [2.24, 2.45) is 0 Å². The Morgan fingerprint density at radius 1 is 1.08 bits per heavy atom. The fourth-order valence-corrected chi connectivity index (χ4v) is 2.04. The number of amides is 1. The Kier molecular flexibility index (Phi) is 5.46. The maximum atomic E-state index is 12.5. The van der Waals surface area contributed by atoms with E-state index in [0.717, 1.165) is 24.3 Å². The molecule has 2 rings (SSSR count). The molecule has 0 aliphatic rings. The smallest absolute Gasteiger partial charge is 0.416 e. The molecule has 0 aliphatic heterocycles. The van der Waals surface area contributed by atoms with Gasteiger partial charge < -0.3 is 10.1 Å². The summed E-state index contributed by atoms with van der Waals surface area (Å²) in [4.78, 5) is 23.5. The second-order valence-corrected chi connectivity index (χ2v) is 5.41. The molecule has 0 bridgehead atoms. The van der Waals surface area contributed by atoms with Gasteiger partial charge in [0, 0.05) is 11.3 Å². The number of ether oxygens (including phenoxy) is 1. The molecule has 0 saturated heterocycles. The molecular weight excluding hydrogens is 335 g/mol.